The summed E-state index contributed by atoms with van der Waals surface area (Å²) < 4.78 is 50.2. The molecule has 1 heterocycles. The summed E-state index contributed by atoms with van der Waals surface area (Å²) in [6.45, 7) is 0. The fourth-order valence-electron chi connectivity index (χ4n) is 1.21. The van der Waals surface area contributed by atoms with Gasteiger partial charge in [-0.25, -0.2) is 9.37 Å². The van der Waals surface area contributed by atoms with Gasteiger partial charge in [0.2, 0.25) is 0 Å². The molecule has 0 saturated heterocycles. The minimum atomic E-state index is -4.53. The molecule has 0 aliphatic carbocycles. The van der Waals surface area contributed by atoms with Gasteiger partial charge < -0.3 is 0 Å². The maximum Gasteiger partial charge on any atom is 0.416 e. The summed E-state index contributed by atoms with van der Waals surface area (Å²) in [5, 5.41) is 1.52. The summed E-state index contributed by atoms with van der Waals surface area (Å²) in [7, 11) is 0. The topological polar surface area (TPSA) is 12.9 Å². The molecule has 0 bridgehead atoms. The van der Waals surface area contributed by atoms with Crippen molar-refractivity contribution in [2.45, 2.75) is 6.18 Å². The van der Waals surface area contributed by atoms with Crippen molar-refractivity contribution < 1.29 is 17.6 Å². The van der Waals surface area contributed by atoms with E-state index in [0.29, 0.717) is 6.07 Å². The molecule has 1 radical (unpaired) electrons. The molecule has 0 aliphatic heterocycles. The van der Waals surface area contributed by atoms with E-state index in [-0.39, 0.29) is 11.3 Å². The van der Waals surface area contributed by atoms with Crippen LogP contribution >= 0.6 is 11.3 Å². The van der Waals surface area contributed by atoms with E-state index in [0.717, 1.165) is 23.5 Å². The monoisotopic (exact) mass is 246 g/mol. The third kappa shape index (κ3) is 2.06. The molecule has 0 spiro atoms. The highest BCUT2D eigenvalue weighted by atomic mass is 32.1. The predicted octanol–water partition coefficient (Wildman–Crippen LogP) is 3.77. The zero-order valence-corrected chi connectivity index (χ0v) is 8.49. The summed E-state index contributed by atoms with van der Waals surface area (Å²) in [6.07, 6.45) is -4.53. The maximum absolute atomic E-state index is 13.4. The first-order valence-corrected chi connectivity index (χ1v) is 5.05. The van der Waals surface area contributed by atoms with Crippen molar-refractivity contribution in [2.24, 2.45) is 0 Å². The molecule has 2 aromatic rings. The molecule has 1 aromatic carbocycles. The smallest absolute Gasteiger partial charge is 0.233 e. The van der Waals surface area contributed by atoms with Crippen LogP contribution in [0.5, 0.6) is 0 Å². The number of rotatable bonds is 1. The molecule has 0 amide bonds. The molecule has 0 N–H and O–H groups in total. The van der Waals surface area contributed by atoms with Gasteiger partial charge in [0.15, 0.2) is 5.51 Å². The Labute approximate surface area is 92.4 Å². The van der Waals surface area contributed by atoms with E-state index in [2.05, 4.69) is 10.5 Å². The van der Waals surface area contributed by atoms with Gasteiger partial charge in [0.05, 0.1) is 11.3 Å². The van der Waals surface area contributed by atoms with Crippen molar-refractivity contribution in [3.05, 3.63) is 40.5 Å². The standard InChI is InChI=1S/C10H4F4NS/c11-8-3-6(10(12,13)14)1-2-7(8)9-4-16-5-15-9/h1-4H. The first-order chi connectivity index (χ1) is 7.48. The van der Waals surface area contributed by atoms with Crippen molar-refractivity contribution in [2.75, 3.05) is 0 Å². The van der Waals surface area contributed by atoms with Crippen LogP contribution in [0.1, 0.15) is 5.56 Å². The van der Waals surface area contributed by atoms with Crippen molar-refractivity contribution in [1.29, 1.82) is 0 Å². The first kappa shape index (κ1) is 11.1. The normalized spacial score (nSPS) is 11.8. The largest absolute Gasteiger partial charge is 0.416 e. The first-order valence-electron chi connectivity index (χ1n) is 4.17. The Bertz CT molecular complexity index is 490. The molecule has 83 valence electrons. The zero-order valence-electron chi connectivity index (χ0n) is 7.68. The van der Waals surface area contributed by atoms with Crippen LogP contribution < -0.4 is 0 Å². The van der Waals surface area contributed by atoms with Gasteiger partial charge in [0, 0.05) is 10.9 Å². The minimum Gasteiger partial charge on any atom is -0.233 e. The second-order valence-electron chi connectivity index (χ2n) is 3.02. The molecule has 0 aliphatic rings. The molecule has 16 heavy (non-hydrogen) atoms. The Kier molecular flexibility index (Phi) is 2.67. The number of aromatic nitrogens is 1. The number of nitrogens with zero attached hydrogens (tertiary/aromatic N) is 1. The molecule has 1 nitrogen and oxygen atoms in total. The van der Waals surface area contributed by atoms with E-state index < -0.39 is 17.6 Å². The molecular formula is C10H4F4NS. The lowest BCUT2D eigenvalue weighted by Gasteiger charge is -2.07. The molecule has 2 rings (SSSR count). The van der Waals surface area contributed by atoms with E-state index in [4.69, 9.17) is 0 Å². The van der Waals surface area contributed by atoms with Crippen LogP contribution in [0.4, 0.5) is 17.6 Å². The molecule has 6 heteroatoms. The van der Waals surface area contributed by atoms with E-state index >= 15 is 0 Å². The Balaban J connectivity index is 2.46. The Hall–Kier alpha value is -1.43. The van der Waals surface area contributed by atoms with Gasteiger partial charge >= 0.3 is 6.18 Å². The van der Waals surface area contributed by atoms with Gasteiger partial charge in [0.1, 0.15) is 5.82 Å². The second-order valence-corrected chi connectivity index (χ2v) is 3.67. The number of thiazole rings is 1. The lowest BCUT2D eigenvalue weighted by atomic mass is 10.1. The minimum absolute atomic E-state index is 0.0468. The molecule has 1 aromatic heterocycles. The summed E-state index contributed by atoms with van der Waals surface area (Å²) >= 11 is 1.13. The highest BCUT2D eigenvalue weighted by Crippen LogP contribution is 2.32. The number of alkyl halides is 3. The number of hydrogen-bond acceptors (Lipinski definition) is 2. The van der Waals surface area contributed by atoms with Crippen molar-refractivity contribution in [3.8, 4) is 11.3 Å². The Morgan fingerprint density at radius 1 is 1.25 bits per heavy atom. The Morgan fingerprint density at radius 2 is 2.00 bits per heavy atom. The quantitative estimate of drug-likeness (QED) is 0.698. The van der Waals surface area contributed by atoms with Crippen molar-refractivity contribution >= 4 is 11.3 Å². The predicted molar refractivity (Wildman–Crippen MR) is 51.3 cm³/mol. The van der Waals surface area contributed by atoms with Crippen LogP contribution in [0.3, 0.4) is 0 Å². The van der Waals surface area contributed by atoms with Crippen molar-refractivity contribution in [3.63, 3.8) is 0 Å². The third-order valence-electron chi connectivity index (χ3n) is 1.96. The van der Waals surface area contributed by atoms with Crippen LogP contribution in [-0.4, -0.2) is 4.98 Å². The van der Waals surface area contributed by atoms with Crippen LogP contribution in [0.15, 0.2) is 23.6 Å². The molecule has 0 fully saturated rings. The van der Waals surface area contributed by atoms with Gasteiger partial charge in [-0.3, -0.25) is 0 Å². The van der Waals surface area contributed by atoms with Crippen LogP contribution in [0, 0.1) is 11.3 Å². The van der Waals surface area contributed by atoms with Gasteiger partial charge in [-0.1, -0.05) is 0 Å². The average Bonchev–Trinajstić information content (AvgIpc) is 2.69. The van der Waals surface area contributed by atoms with E-state index in [1.54, 1.807) is 0 Å². The Morgan fingerprint density at radius 3 is 2.50 bits per heavy atom. The molecule has 0 saturated carbocycles. The molecule has 0 atom stereocenters. The fourth-order valence-corrected chi connectivity index (χ4v) is 1.70. The summed E-state index contributed by atoms with van der Waals surface area (Å²) in [5.74, 6) is -0.936. The molecule has 0 unspecified atom stereocenters. The number of benzene rings is 1. The maximum atomic E-state index is 13.4. The molecular weight excluding hydrogens is 242 g/mol. The van der Waals surface area contributed by atoms with Gasteiger partial charge in [-0.15, -0.1) is 11.3 Å². The highest BCUT2D eigenvalue weighted by molar-refractivity contribution is 7.07. The van der Waals surface area contributed by atoms with Gasteiger partial charge in [-0.2, -0.15) is 13.2 Å². The van der Waals surface area contributed by atoms with Crippen molar-refractivity contribution in [1.82, 2.24) is 4.98 Å². The van der Waals surface area contributed by atoms with E-state index in [1.807, 2.05) is 0 Å². The van der Waals surface area contributed by atoms with Crippen LogP contribution in [0.25, 0.3) is 11.3 Å². The lowest BCUT2D eigenvalue weighted by Crippen LogP contribution is -2.05. The summed E-state index contributed by atoms with van der Waals surface area (Å²) in [5.41, 5.74) is 1.83. The second kappa shape index (κ2) is 3.86. The highest BCUT2D eigenvalue weighted by Gasteiger charge is 2.31. The van der Waals surface area contributed by atoms with Crippen LogP contribution in [0.2, 0.25) is 0 Å². The summed E-state index contributed by atoms with van der Waals surface area (Å²) in [6, 6.07) is 2.37. The van der Waals surface area contributed by atoms with Crippen LogP contribution in [-0.2, 0) is 6.18 Å². The SMILES string of the molecule is Fc1cc(C(F)(F)F)ccc1-c1cs[c]n1. The van der Waals surface area contributed by atoms with Gasteiger partial charge in [-0.05, 0) is 18.2 Å². The average molecular weight is 246 g/mol. The fraction of sp³-hybridized carbons (Fsp3) is 0.100. The van der Waals surface area contributed by atoms with Gasteiger partial charge in [0.25, 0.3) is 0 Å². The third-order valence-corrected chi connectivity index (χ3v) is 2.50. The summed E-state index contributed by atoms with van der Waals surface area (Å²) in [4.78, 5) is 3.71. The lowest BCUT2D eigenvalue weighted by molar-refractivity contribution is -0.137. The number of hydrogen-bond donors (Lipinski definition) is 0. The van der Waals surface area contributed by atoms with E-state index in [1.165, 1.54) is 5.38 Å². The van der Waals surface area contributed by atoms with E-state index in [9.17, 15) is 17.6 Å². The zero-order chi connectivity index (χ0) is 11.8. The number of halogens is 4.